The quantitative estimate of drug-likeness (QED) is 0.693. The fourth-order valence-electron chi connectivity index (χ4n) is 4.37. The minimum Gasteiger partial charge on any atom is -0.451 e. The summed E-state index contributed by atoms with van der Waals surface area (Å²) in [4.78, 5) is 41.0. The van der Waals surface area contributed by atoms with Crippen molar-refractivity contribution in [3.63, 3.8) is 0 Å². The molecule has 3 atom stereocenters. The van der Waals surface area contributed by atoms with Crippen molar-refractivity contribution in [2.24, 2.45) is 0 Å². The third-order valence-electron chi connectivity index (χ3n) is 5.81. The molecule has 28 heavy (non-hydrogen) atoms. The summed E-state index contributed by atoms with van der Waals surface area (Å²) in [6, 6.07) is 8.98. The van der Waals surface area contributed by atoms with Crippen molar-refractivity contribution in [2.75, 3.05) is 13.6 Å². The number of rotatable bonds is 1. The number of benzene rings is 1. The number of nitrogens with zero attached hydrogens (tertiary/aromatic N) is 2. The molecule has 144 valence electrons. The summed E-state index contributed by atoms with van der Waals surface area (Å²) < 4.78 is 17.0. The summed E-state index contributed by atoms with van der Waals surface area (Å²) in [5.41, 5.74) is -0.607. The monoisotopic (exact) mass is 382 g/mol. The van der Waals surface area contributed by atoms with Crippen molar-refractivity contribution in [2.45, 2.75) is 30.8 Å². The van der Waals surface area contributed by atoms with Crippen LogP contribution in [0.2, 0.25) is 0 Å². The molecule has 0 aliphatic carbocycles. The maximum atomic E-state index is 13.3. The fourth-order valence-corrected chi connectivity index (χ4v) is 4.37. The first-order valence-corrected chi connectivity index (χ1v) is 9.12. The predicted molar refractivity (Wildman–Crippen MR) is 95.9 cm³/mol. The standard InChI is InChI=1S/C20H18N2O6/c1-21-13-8-9-20(21)19(27-16(23)6-7-17(24)28-20)22(11-13)18(25)15-10-12-4-2-3-5-14(12)26-15/h2-7,10,13,19H,8-9,11H2,1H3/b7-6+. The molecular formula is C20H18N2O6. The van der Waals surface area contributed by atoms with Crippen LogP contribution in [0, 0.1) is 0 Å². The van der Waals surface area contributed by atoms with Crippen molar-refractivity contribution in [1.29, 1.82) is 0 Å². The molecule has 0 saturated carbocycles. The van der Waals surface area contributed by atoms with Crippen molar-refractivity contribution in [3.8, 4) is 0 Å². The molecule has 1 aromatic heterocycles. The summed E-state index contributed by atoms with van der Waals surface area (Å²) in [7, 11) is 1.82. The summed E-state index contributed by atoms with van der Waals surface area (Å²) in [5.74, 6) is -1.58. The smallest absolute Gasteiger partial charge is 0.333 e. The number of ether oxygens (including phenoxy) is 2. The molecule has 2 bridgehead atoms. The van der Waals surface area contributed by atoms with Gasteiger partial charge in [0.2, 0.25) is 12.0 Å². The lowest BCUT2D eigenvalue weighted by atomic mass is 10.1. The zero-order valence-electron chi connectivity index (χ0n) is 15.2. The van der Waals surface area contributed by atoms with E-state index in [1.807, 2.05) is 30.1 Å². The second kappa shape index (κ2) is 5.93. The van der Waals surface area contributed by atoms with Crippen LogP contribution in [-0.4, -0.2) is 59.2 Å². The zero-order chi connectivity index (χ0) is 19.5. The number of likely N-dealkylation sites (N-methyl/N-ethyl adjacent to an activating group) is 1. The van der Waals surface area contributed by atoms with Crippen LogP contribution in [0.4, 0.5) is 0 Å². The topological polar surface area (TPSA) is 89.3 Å². The van der Waals surface area contributed by atoms with E-state index in [9.17, 15) is 14.4 Å². The van der Waals surface area contributed by atoms with Gasteiger partial charge in [-0.1, -0.05) is 18.2 Å². The van der Waals surface area contributed by atoms with Crippen molar-refractivity contribution < 1.29 is 28.3 Å². The Kier molecular flexibility index (Phi) is 3.60. The van der Waals surface area contributed by atoms with Crippen molar-refractivity contribution >= 4 is 28.8 Å². The Morgan fingerprint density at radius 2 is 1.96 bits per heavy atom. The van der Waals surface area contributed by atoms with Gasteiger partial charge >= 0.3 is 11.9 Å². The number of likely N-dealkylation sites (tertiary alicyclic amines) is 1. The molecular weight excluding hydrogens is 364 g/mol. The van der Waals surface area contributed by atoms with Gasteiger partial charge < -0.3 is 13.9 Å². The van der Waals surface area contributed by atoms with E-state index < -0.39 is 29.8 Å². The molecule has 3 aliphatic heterocycles. The maximum Gasteiger partial charge on any atom is 0.333 e. The van der Waals surface area contributed by atoms with Crippen LogP contribution in [0.25, 0.3) is 11.0 Å². The number of furan rings is 1. The molecule has 4 heterocycles. The summed E-state index contributed by atoms with van der Waals surface area (Å²) in [6.45, 7) is 0.341. The fraction of sp³-hybridized carbons (Fsp3) is 0.350. The van der Waals surface area contributed by atoms with Gasteiger partial charge in [-0.05, 0) is 25.6 Å². The molecule has 8 heteroatoms. The molecule has 2 fully saturated rings. The Balaban J connectivity index is 1.57. The van der Waals surface area contributed by atoms with Gasteiger partial charge in [-0.3, -0.25) is 14.6 Å². The first-order valence-electron chi connectivity index (χ1n) is 9.12. The lowest BCUT2D eigenvalue weighted by Crippen LogP contribution is -2.70. The Bertz CT molecular complexity index is 994. The predicted octanol–water partition coefficient (Wildman–Crippen LogP) is 1.66. The summed E-state index contributed by atoms with van der Waals surface area (Å²) in [6.07, 6.45) is 2.19. The van der Waals surface area contributed by atoms with E-state index in [0.717, 1.165) is 17.5 Å². The van der Waals surface area contributed by atoms with E-state index >= 15 is 0 Å². The van der Waals surface area contributed by atoms with Gasteiger partial charge in [0.1, 0.15) is 5.58 Å². The number of fused-ring (bicyclic) bond motifs is 2. The van der Waals surface area contributed by atoms with Crippen LogP contribution in [0.1, 0.15) is 23.4 Å². The average Bonchev–Trinajstić information content (AvgIpc) is 3.19. The normalized spacial score (nSPS) is 31.0. The van der Waals surface area contributed by atoms with Gasteiger partial charge in [-0.2, -0.15) is 0 Å². The molecule has 3 aliphatic rings. The van der Waals surface area contributed by atoms with Crippen LogP contribution in [-0.2, 0) is 19.1 Å². The first-order chi connectivity index (χ1) is 13.5. The van der Waals surface area contributed by atoms with Crippen molar-refractivity contribution in [1.82, 2.24) is 9.80 Å². The average molecular weight is 382 g/mol. The Labute approximate surface area is 160 Å². The molecule has 8 nitrogen and oxygen atoms in total. The zero-order valence-corrected chi connectivity index (χ0v) is 15.2. The van der Waals surface area contributed by atoms with Gasteiger partial charge in [0.05, 0.1) is 0 Å². The third kappa shape index (κ3) is 2.37. The van der Waals surface area contributed by atoms with Gasteiger partial charge in [-0.25, -0.2) is 9.59 Å². The van der Waals surface area contributed by atoms with Crippen LogP contribution < -0.4 is 0 Å². The second-order valence-electron chi connectivity index (χ2n) is 7.30. The molecule has 1 amide bonds. The molecule has 2 aromatic rings. The number of para-hydroxylation sites is 1. The maximum absolute atomic E-state index is 13.3. The second-order valence-corrected chi connectivity index (χ2v) is 7.30. The molecule has 5 rings (SSSR count). The minimum absolute atomic E-state index is 0.0144. The van der Waals surface area contributed by atoms with E-state index in [-0.39, 0.29) is 11.8 Å². The molecule has 0 N–H and O–H groups in total. The number of hydrogen-bond donors (Lipinski definition) is 0. The third-order valence-corrected chi connectivity index (χ3v) is 5.81. The van der Waals surface area contributed by atoms with Gasteiger partial charge in [0.25, 0.3) is 5.91 Å². The highest BCUT2D eigenvalue weighted by molar-refractivity contribution is 5.97. The lowest BCUT2D eigenvalue weighted by molar-refractivity contribution is -0.249. The van der Waals surface area contributed by atoms with Crippen molar-refractivity contribution in [3.05, 3.63) is 48.2 Å². The van der Waals surface area contributed by atoms with E-state index in [1.165, 1.54) is 4.90 Å². The van der Waals surface area contributed by atoms with Crippen LogP contribution >= 0.6 is 0 Å². The molecule has 0 radical (unpaired) electrons. The SMILES string of the molecule is CN1C2CCC13OC(=O)/C=C/C(=O)OC3N(C(=O)c1cc3ccccc3o1)C2. The van der Waals surface area contributed by atoms with Gasteiger partial charge in [0, 0.05) is 36.5 Å². The number of hydrogen-bond acceptors (Lipinski definition) is 7. The number of carbonyl (C=O) groups is 3. The molecule has 1 spiro atoms. The first kappa shape index (κ1) is 17.0. The number of piperazine rings is 1. The van der Waals surface area contributed by atoms with E-state index in [2.05, 4.69) is 0 Å². The minimum atomic E-state index is -1.21. The van der Waals surface area contributed by atoms with E-state index in [4.69, 9.17) is 13.9 Å². The highest BCUT2D eigenvalue weighted by atomic mass is 16.6. The van der Waals surface area contributed by atoms with Gasteiger partial charge in [0.15, 0.2) is 5.76 Å². The summed E-state index contributed by atoms with van der Waals surface area (Å²) in [5, 5.41) is 0.807. The van der Waals surface area contributed by atoms with Crippen LogP contribution in [0.15, 0.2) is 46.9 Å². The number of esters is 2. The largest absolute Gasteiger partial charge is 0.451 e. The lowest BCUT2D eigenvalue weighted by Gasteiger charge is -2.50. The Hall–Kier alpha value is -3.13. The number of carbonyl (C=O) groups excluding carboxylic acids is 3. The highest BCUT2D eigenvalue weighted by Crippen LogP contribution is 2.44. The van der Waals surface area contributed by atoms with E-state index in [0.29, 0.717) is 25.0 Å². The van der Waals surface area contributed by atoms with E-state index in [1.54, 1.807) is 12.1 Å². The molecule has 2 saturated heterocycles. The Morgan fingerprint density at radius 3 is 2.79 bits per heavy atom. The molecule has 1 aromatic carbocycles. The Morgan fingerprint density at radius 1 is 1.18 bits per heavy atom. The number of amides is 1. The van der Waals surface area contributed by atoms with Gasteiger partial charge in [-0.15, -0.1) is 0 Å². The molecule has 3 unspecified atom stereocenters. The highest BCUT2D eigenvalue weighted by Gasteiger charge is 2.62. The summed E-state index contributed by atoms with van der Waals surface area (Å²) >= 11 is 0. The van der Waals surface area contributed by atoms with Crippen LogP contribution in [0.3, 0.4) is 0 Å². The van der Waals surface area contributed by atoms with Crippen LogP contribution in [0.5, 0.6) is 0 Å².